The highest BCUT2D eigenvalue weighted by atomic mass is 32.2. The first-order chi connectivity index (χ1) is 13.3. The van der Waals surface area contributed by atoms with Gasteiger partial charge in [0.25, 0.3) is 15.9 Å². The molecule has 1 amide bonds. The van der Waals surface area contributed by atoms with Crippen LogP contribution in [0.1, 0.15) is 19.8 Å². The minimum Gasteiger partial charge on any atom is -0.481 e. The second-order valence-corrected chi connectivity index (χ2v) is 8.20. The van der Waals surface area contributed by atoms with Crippen LogP contribution >= 0.6 is 0 Å². The third kappa shape index (κ3) is 4.89. The molecule has 1 saturated heterocycles. The van der Waals surface area contributed by atoms with Gasteiger partial charge in [-0.05, 0) is 49.7 Å². The highest BCUT2D eigenvalue weighted by Crippen LogP contribution is 2.19. The van der Waals surface area contributed by atoms with Gasteiger partial charge >= 0.3 is 0 Å². The monoisotopic (exact) mass is 401 g/mol. The third-order valence-electron chi connectivity index (χ3n) is 4.41. The first kappa shape index (κ1) is 19.9. The molecule has 1 unspecified atom stereocenters. The number of nitrogens with zero attached hydrogens (tertiary/aromatic N) is 2. The zero-order valence-electron chi connectivity index (χ0n) is 15.8. The molecule has 1 aliphatic rings. The maximum absolute atomic E-state index is 12.5. The molecule has 0 aliphatic carbocycles. The van der Waals surface area contributed by atoms with Crippen molar-refractivity contribution in [2.24, 2.45) is 4.40 Å². The second kappa shape index (κ2) is 8.43. The topological polar surface area (TPSA) is 88.1 Å². The summed E-state index contributed by atoms with van der Waals surface area (Å²) in [5.74, 6) is 0.846. The van der Waals surface area contributed by atoms with Crippen molar-refractivity contribution < 1.29 is 17.9 Å². The van der Waals surface area contributed by atoms with Crippen molar-refractivity contribution in [3.63, 3.8) is 0 Å². The molecule has 28 heavy (non-hydrogen) atoms. The Kier molecular flexibility index (Phi) is 5.99. The van der Waals surface area contributed by atoms with E-state index in [4.69, 9.17) is 4.74 Å². The van der Waals surface area contributed by atoms with E-state index in [1.807, 2.05) is 30.1 Å². The predicted octanol–water partition coefficient (Wildman–Crippen LogP) is 2.91. The summed E-state index contributed by atoms with van der Waals surface area (Å²) in [6, 6.07) is 15.0. The van der Waals surface area contributed by atoms with Crippen LogP contribution in [-0.2, 0) is 14.8 Å². The fraction of sp³-hybridized carbons (Fsp3) is 0.300. The van der Waals surface area contributed by atoms with Crippen LogP contribution in [0, 0.1) is 0 Å². The molecule has 2 aromatic carbocycles. The van der Waals surface area contributed by atoms with Gasteiger partial charge in [0.15, 0.2) is 6.10 Å². The van der Waals surface area contributed by atoms with Gasteiger partial charge in [-0.3, -0.25) is 4.79 Å². The molecule has 1 N–H and O–H groups in total. The Morgan fingerprint density at radius 1 is 1.14 bits per heavy atom. The van der Waals surface area contributed by atoms with Gasteiger partial charge in [-0.25, -0.2) is 0 Å². The van der Waals surface area contributed by atoms with E-state index in [-0.39, 0.29) is 10.8 Å². The molecular formula is C20H23N3O4S. The van der Waals surface area contributed by atoms with E-state index in [1.165, 1.54) is 12.1 Å². The maximum atomic E-state index is 12.5. The number of hydrogen-bond donors (Lipinski definition) is 1. The number of rotatable bonds is 6. The van der Waals surface area contributed by atoms with Gasteiger partial charge in [0.05, 0.1) is 4.90 Å². The molecule has 0 aromatic heterocycles. The summed E-state index contributed by atoms with van der Waals surface area (Å²) >= 11 is 0. The van der Waals surface area contributed by atoms with E-state index in [0.29, 0.717) is 23.7 Å². The molecule has 8 heteroatoms. The van der Waals surface area contributed by atoms with Crippen LogP contribution in [0.4, 0.5) is 5.69 Å². The number of carbonyl (C=O) groups excluding carboxylic acids is 1. The molecule has 2 aromatic rings. The summed E-state index contributed by atoms with van der Waals surface area (Å²) in [5, 5.41) is 2.72. The lowest BCUT2D eigenvalue weighted by molar-refractivity contribution is -0.122. The number of likely N-dealkylation sites (tertiary alicyclic amines) is 1. The molecule has 3 rings (SSSR count). The third-order valence-corrected chi connectivity index (χ3v) is 5.72. The van der Waals surface area contributed by atoms with Crippen LogP contribution in [0.3, 0.4) is 0 Å². The number of ether oxygens (including phenoxy) is 1. The Bertz CT molecular complexity index is 957. The summed E-state index contributed by atoms with van der Waals surface area (Å²) in [6.45, 7) is 2.46. The van der Waals surface area contributed by atoms with Gasteiger partial charge in [-0.2, -0.15) is 8.42 Å². The number of nitrogens with one attached hydrogen (secondary N) is 1. The minimum absolute atomic E-state index is 0.0897. The average Bonchev–Trinajstić information content (AvgIpc) is 3.07. The molecule has 0 bridgehead atoms. The van der Waals surface area contributed by atoms with E-state index in [2.05, 4.69) is 9.71 Å². The van der Waals surface area contributed by atoms with Gasteiger partial charge in [0, 0.05) is 25.7 Å². The number of amidine groups is 1. The Morgan fingerprint density at radius 3 is 2.43 bits per heavy atom. The van der Waals surface area contributed by atoms with E-state index >= 15 is 0 Å². The van der Waals surface area contributed by atoms with Crippen LogP contribution < -0.4 is 10.1 Å². The lowest BCUT2D eigenvalue weighted by Crippen LogP contribution is -2.30. The lowest BCUT2D eigenvalue weighted by Gasteiger charge is -2.15. The van der Waals surface area contributed by atoms with Crippen LogP contribution in [0.5, 0.6) is 5.75 Å². The molecule has 0 radical (unpaired) electrons. The highest BCUT2D eigenvalue weighted by molar-refractivity contribution is 7.90. The quantitative estimate of drug-likeness (QED) is 0.804. The second-order valence-electron chi connectivity index (χ2n) is 6.59. The van der Waals surface area contributed by atoms with Crippen molar-refractivity contribution in [3.8, 4) is 5.75 Å². The van der Waals surface area contributed by atoms with E-state index in [9.17, 15) is 13.2 Å². The van der Waals surface area contributed by atoms with Gasteiger partial charge < -0.3 is 15.0 Å². The highest BCUT2D eigenvalue weighted by Gasteiger charge is 2.20. The summed E-state index contributed by atoms with van der Waals surface area (Å²) in [4.78, 5) is 14.2. The number of para-hydroxylation sites is 1. The number of benzene rings is 2. The Morgan fingerprint density at radius 2 is 1.82 bits per heavy atom. The Balaban J connectivity index is 1.64. The molecular weight excluding hydrogens is 378 g/mol. The minimum atomic E-state index is -3.77. The van der Waals surface area contributed by atoms with Crippen LogP contribution in [-0.4, -0.2) is 44.8 Å². The molecule has 1 aliphatic heterocycles. The number of amides is 1. The van der Waals surface area contributed by atoms with Crippen molar-refractivity contribution in [1.29, 1.82) is 0 Å². The zero-order valence-corrected chi connectivity index (χ0v) is 16.6. The normalized spacial score (nSPS) is 16.8. The Hall–Kier alpha value is -2.87. The Labute approximate surface area is 165 Å². The van der Waals surface area contributed by atoms with Crippen LogP contribution in [0.2, 0.25) is 0 Å². The molecule has 0 spiro atoms. The standard InChI is InChI=1S/C20H23N3O4S/c1-15(27-17-7-4-3-5-8-17)20(24)21-16-10-12-18(13-11-16)28(25,26)22-19-9-6-14-23(19)2/h3-5,7-8,10-13,15H,6,9,14H2,1-2H3,(H,21,24). The van der Waals surface area contributed by atoms with Crippen molar-refractivity contribution in [1.82, 2.24) is 4.90 Å². The summed E-state index contributed by atoms with van der Waals surface area (Å²) in [7, 11) is -1.94. The van der Waals surface area contributed by atoms with Gasteiger partial charge in [-0.15, -0.1) is 4.40 Å². The van der Waals surface area contributed by atoms with Gasteiger partial charge in [0.2, 0.25) is 0 Å². The van der Waals surface area contributed by atoms with Crippen molar-refractivity contribution in [2.75, 3.05) is 18.9 Å². The number of hydrogen-bond acceptors (Lipinski definition) is 4. The maximum Gasteiger partial charge on any atom is 0.283 e. The fourth-order valence-electron chi connectivity index (χ4n) is 2.81. The molecule has 1 atom stereocenters. The van der Waals surface area contributed by atoms with Crippen molar-refractivity contribution in [3.05, 3.63) is 54.6 Å². The van der Waals surface area contributed by atoms with E-state index < -0.39 is 16.1 Å². The largest absolute Gasteiger partial charge is 0.481 e. The average molecular weight is 401 g/mol. The number of sulfonamides is 1. The molecule has 1 fully saturated rings. The van der Waals surface area contributed by atoms with Gasteiger partial charge in [0.1, 0.15) is 11.6 Å². The van der Waals surface area contributed by atoms with E-state index in [1.54, 1.807) is 31.2 Å². The molecule has 1 heterocycles. The SMILES string of the molecule is CC(Oc1ccccc1)C(=O)Nc1ccc(S(=O)(=O)N=C2CCCN2C)cc1. The predicted molar refractivity (Wildman–Crippen MR) is 108 cm³/mol. The lowest BCUT2D eigenvalue weighted by atomic mass is 10.3. The first-order valence-electron chi connectivity index (χ1n) is 9.03. The van der Waals surface area contributed by atoms with Crippen LogP contribution in [0.15, 0.2) is 63.9 Å². The molecule has 7 nitrogen and oxygen atoms in total. The first-order valence-corrected chi connectivity index (χ1v) is 10.5. The smallest absolute Gasteiger partial charge is 0.283 e. The fourth-order valence-corrected chi connectivity index (χ4v) is 3.91. The van der Waals surface area contributed by atoms with Gasteiger partial charge in [-0.1, -0.05) is 18.2 Å². The molecule has 148 valence electrons. The van der Waals surface area contributed by atoms with Crippen molar-refractivity contribution in [2.45, 2.75) is 30.8 Å². The number of anilines is 1. The summed E-state index contributed by atoms with van der Waals surface area (Å²) < 4.78 is 34.4. The summed E-state index contributed by atoms with van der Waals surface area (Å²) in [6.07, 6.45) is 0.859. The van der Waals surface area contributed by atoms with E-state index in [0.717, 1.165) is 13.0 Å². The number of carbonyl (C=O) groups is 1. The van der Waals surface area contributed by atoms with Crippen LogP contribution in [0.25, 0.3) is 0 Å². The zero-order chi connectivity index (χ0) is 20.1. The summed E-state index contributed by atoms with van der Waals surface area (Å²) in [5.41, 5.74) is 0.484. The molecule has 0 saturated carbocycles. The van der Waals surface area contributed by atoms with Crippen molar-refractivity contribution >= 4 is 27.5 Å².